The number of nitrogens with zero attached hydrogens (tertiary/aromatic N) is 2. The molecule has 23 heavy (non-hydrogen) atoms. The van der Waals surface area contributed by atoms with Crippen LogP contribution in [-0.2, 0) is 11.3 Å². The monoisotopic (exact) mass is 330 g/mol. The second-order valence-corrected chi connectivity index (χ2v) is 5.44. The van der Waals surface area contributed by atoms with Gasteiger partial charge in [0.05, 0.1) is 24.8 Å². The Morgan fingerprint density at radius 1 is 1.26 bits per heavy atom. The van der Waals surface area contributed by atoms with Crippen LogP contribution >= 0.6 is 11.8 Å². The van der Waals surface area contributed by atoms with Gasteiger partial charge >= 0.3 is 0 Å². The van der Waals surface area contributed by atoms with Gasteiger partial charge in [-0.15, -0.1) is 5.10 Å². The molecule has 0 bridgehead atoms. The van der Waals surface area contributed by atoms with Crippen molar-refractivity contribution in [1.82, 2.24) is 20.5 Å². The third-order valence-corrected chi connectivity index (χ3v) is 3.65. The summed E-state index contributed by atoms with van der Waals surface area (Å²) in [6.07, 6.45) is 6.71. The van der Waals surface area contributed by atoms with Gasteiger partial charge in [0.25, 0.3) is 0 Å². The highest BCUT2D eigenvalue weighted by atomic mass is 32.2. The average Bonchev–Trinajstić information content (AvgIpc) is 3.31. The van der Waals surface area contributed by atoms with Gasteiger partial charge in [-0.2, -0.15) is 0 Å². The predicted octanol–water partition coefficient (Wildman–Crippen LogP) is 2.57. The molecule has 1 amide bonds. The maximum Gasteiger partial charge on any atom is 0.230 e. The number of rotatable bonds is 7. The molecule has 0 fully saturated rings. The zero-order valence-electron chi connectivity index (χ0n) is 12.1. The molecule has 3 rings (SSSR count). The first kappa shape index (κ1) is 15.2. The second-order valence-electron chi connectivity index (χ2n) is 4.50. The predicted molar refractivity (Wildman–Crippen MR) is 85.3 cm³/mol. The molecular weight excluding hydrogens is 316 g/mol. The number of hydrogen-bond acceptors (Lipinski definition) is 6. The molecule has 0 aliphatic heterocycles. The fraction of sp³-hybridized carbons (Fsp3) is 0.133. The topological polar surface area (TPSA) is 97.0 Å². The van der Waals surface area contributed by atoms with E-state index in [1.165, 1.54) is 11.8 Å². The number of carbonyl (C=O) groups excluding carboxylic acids is 1. The van der Waals surface area contributed by atoms with Crippen LogP contribution in [0.5, 0.6) is 0 Å². The molecule has 3 aromatic heterocycles. The Balaban J connectivity index is 1.44. The number of thioether (sulfide) groups is 1. The van der Waals surface area contributed by atoms with Crippen LogP contribution in [0.1, 0.15) is 17.3 Å². The van der Waals surface area contributed by atoms with Gasteiger partial charge in [-0.1, -0.05) is 11.8 Å². The van der Waals surface area contributed by atoms with Gasteiger partial charge in [-0.25, -0.2) is 4.98 Å². The van der Waals surface area contributed by atoms with Gasteiger partial charge in [-0.3, -0.25) is 9.89 Å². The Morgan fingerprint density at radius 2 is 2.13 bits per heavy atom. The third-order valence-electron chi connectivity index (χ3n) is 2.80. The number of H-pyrrole nitrogens is 1. The molecule has 0 unspecified atom stereocenters. The van der Waals surface area contributed by atoms with E-state index in [0.717, 1.165) is 5.76 Å². The molecule has 0 aliphatic rings. The van der Waals surface area contributed by atoms with Gasteiger partial charge in [0.2, 0.25) is 11.1 Å². The van der Waals surface area contributed by atoms with Crippen molar-refractivity contribution in [3.8, 4) is 0 Å². The summed E-state index contributed by atoms with van der Waals surface area (Å²) >= 11 is 1.26. The smallest absolute Gasteiger partial charge is 0.230 e. The van der Waals surface area contributed by atoms with Crippen molar-refractivity contribution >= 4 is 29.8 Å². The van der Waals surface area contributed by atoms with Gasteiger partial charge in [-0.05, 0) is 36.4 Å². The lowest BCUT2D eigenvalue weighted by molar-refractivity contribution is -0.118. The highest BCUT2D eigenvalue weighted by Crippen LogP contribution is 2.13. The Hall–Kier alpha value is -2.74. The third kappa shape index (κ3) is 4.62. The van der Waals surface area contributed by atoms with Crippen LogP contribution in [0.3, 0.4) is 0 Å². The Bertz CT molecular complexity index is 763. The van der Waals surface area contributed by atoms with E-state index >= 15 is 0 Å². The average molecular weight is 330 g/mol. The SMILES string of the molecule is O=C(CSc1n[nH]c(C=Cc2ccco2)n1)NCc1ccco1. The van der Waals surface area contributed by atoms with E-state index in [2.05, 4.69) is 20.5 Å². The van der Waals surface area contributed by atoms with Crippen molar-refractivity contribution < 1.29 is 13.6 Å². The Kier molecular flexibility index (Phi) is 4.95. The van der Waals surface area contributed by atoms with Crippen LogP contribution in [0.25, 0.3) is 12.2 Å². The summed E-state index contributed by atoms with van der Waals surface area (Å²) in [6.45, 7) is 0.373. The maximum absolute atomic E-state index is 11.7. The largest absolute Gasteiger partial charge is 0.467 e. The number of nitrogens with one attached hydrogen (secondary N) is 2. The summed E-state index contributed by atoms with van der Waals surface area (Å²) in [5, 5.41) is 10.1. The first-order valence-electron chi connectivity index (χ1n) is 6.85. The van der Waals surface area contributed by atoms with Crippen molar-refractivity contribution in [3.63, 3.8) is 0 Å². The molecule has 0 atom stereocenters. The molecule has 2 N–H and O–H groups in total. The lowest BCUT2D eigenvalue weighted by Gasteiger charge is -2.00. The summed E-state index contributed by atoms with van der Waals surface area (Å²) in [5.41, 5.74) is 0. The van der Waals surface area contributed by atoms with Crippen molar-refractivity contribution in [1.29, 1.82) is 0 Å². The number of aromatic nitrogens is 3. The fourth-order valence-electron chi connectivity index (χ4n) is 1.72. The number of hydrogen-bond donors (Lipinski definition) is 2. The zero-order chi connectivity index (χ0) is 15.9. The standard InChI is InChI=1S/C15H14N4O3S/c20-14(16-9-12-4-2-8-22-12)10-23-15-17-13(18-19-15)6-5-11-3-1-7-21-11/h1-8H,9-10H2,(H,16,20)(H,17,18,19). The lowest BCUT2D eigenvalue weighted by atomic mass is 10.4. The molecule has 0 saturated carbocycles. The number of furan rings is 2. The molecule has 0 saturated heterocycles. The van der Waals surface area contributed by atoms with Gasteiger partial charge in [0, 0.05) is 0 Å². The minimum absolute atomic E-state index is 0.108. The molecule has 3 aromatic rings. The van der Waals surface area contributed by atoms with Crippen LogP contribution in [-0.4, -0.2) is 26.8 Å². The summed E-state index contributed by atoms with van der Waals surface area (Å²) < 4.78 is 10.3. The first-order valence-corrected chi connectivity index (χ1v) is 7.84. The van der Waals surface area contributed by atoms with Crippen LogP contribution in [0.2, 0.25) is 0 Å². The van der Waals surface area contributed by atoms with Crippen LogP contribution in [0.4, 0.5) is 0 Å². The molecule has 7 nitrogen and oxygen atoms in total. The lowest BCUT2D eigenvalue weighted by Crippen LogP contribution is -2.24. The summed E-state index contributed by atoms with van der Waals surface area (Å²) in [5.74, 6) is 2.17. The van der Waals surface area contributed by atoms with E-state index in [-0.39, 0.29) is 11.7 Å². The normalized spacial score (nSPS) is 11.1. The van der Waals surface area contributed by atoms with Crippen LogP contribution in [0, 0.1) is 0 Å². The van der Waals surface area contributed by atoms with E-state index in [1.807, 2.05) is 12.1 Å². The van der Waals surface area contributed by atoms with Crippen molar-refractivity contribution in [2.75, 3.05) is 5.75 Å². The molecule has 8 heteroatoms. The van der Waals surface area contributed by atoms with Crippen molar-refractivity contribution in [3.05, 3.63) is 54.1 Å². The van der Waals surface area contributed by atoms with E-state index in [1.54, 1.807) is 36.8 Å². The Labute approximate surface area is 136 Å². The van der Waals surface area contributed by atoms with E-state index < -0.39 is 0 Å². The minimum Gasteiger partial charge on any atom is -0.467 e. The minimum atomic E-state index is -0.108. The summed E-state index contributed by atoms with van der Waals surface area (Å²) in [7, 11) is 0. The number of carbonyl (C=O) groups is 1. The van der Waals surface area contributed by atoms with Gasteiger partial charge < -0.3 is 14.2 Å². The molecule has 3 heterocycles. The highest BCUT2D eigenvalue weighted by Gasteiger charge is 2.07. The number of amides is 1. The number of aromatic amines is 1. The Morgan fingerprint density at radius 3 is 2.91 bits per heavy atom. The quantitative estimate of drug-likeness (QED) is 0.646. The van der Waals surface area contributed by atoms with E-state index in [9.17, 15) is 4.79 Å². The van der Waals surface area contributed by atoms with Crippen LogP contribution in [0.15, 0.2) is 50.8 Å². The molecule has 0 radical (unpaired) electrons. The molecule has 118 valence electrons. The van der Waals surface area contributed by atoms with Crippen LogP contribution < -0.4 is 5.32 Å². The van der Waals surface area contributed by atoms with E-state index in [0.29, 0.717) is 23.3 Å². The van der Waals surface area contributed by atoms with Gasteiger partial charge in [0.1, 0.15) is 17.3 Å². The second kappa shape index (κ2) is 7.50. The molecule has 0 spiro atoms. The van der Waals surface area contributed by atoms with Crippen molar-refractivity contribution in [2.45, 2.75) is 11.7 Å². The molecule has 0 aliphatic carbocycles. The fourth-order valence-corrected chi connectivity index (χ4v) is 2.36. The molecule has 0 aromatic carbocycles. The summed E-state index contributed by atoms with van der Waals surface area (Å²) in [6, 6.07) is 7.23. The molecular formula is C15H14N4O3S. The maximum atomic E-state index is 11.7. The zero-order valence-corrected chi connectivity index (χ0v) is 12.9. The first-order chi connectivity index (χ1) is 11.3. The van der Waals surface area contributed by atoms with Gasteiger partial charge in [0.15, 0.2) is 0 Å². The highest BCUT2D eigenvalue weighted by molar-refractivity contribution is 7.99. The van der Waals surface area contributed by atoms with Crippen molar-refractivity contribution in [2.24, 2.45) is 0 Å². The van der Waals surface area contributed by atoms with E-state index in [4.69, 9.17) is 8.83 Å². The summed E-state index contributed by atoms with van der Waals surface area (Å²) in [4.78, 5) is 16.0.